The third kappa shape index (κ3) is 8.54. The Morgan fingerprint density at radius 3 is 2.35 bits per heavy atom. The molecule has 1 rings (SSSR count). The van der Waals surface area contributed by atoms with Crippen molar-refractivity contribution in [2.24, 2.45) is 17.4 Å². The van der Waals surface area contributed by atoms with Crippen LogP contribution in [0.3, 0.4) is 0 Å². The maximum absolute atomic E-state index is 12.2. The van der Waals surface area contributed by atoms with Crippen LogP contribution in [-0.4, -0.2) is 46.7 Å². The molecule has 0 aromatic rings. The molecule has 0 aliphatic carbocycles. The van der Waals surface area contributed by atoms with Crippen molar-refractivity contribution in [2.75, 3.05) is 18.8 Å². The minimum absolute atomic E-state index is 0.0224. The predicted octanol–water partition coefficient (Wildman–Crippen LogP) is 2.44. The number of unbranched alkanes of at least 4 members (excludes halogenated alkanes) is 4. The Morgan fingerprint density at radius 2 is 1.81 bits per heavy atom. The lowest BCUT2D eigenvalue weighted by Gasteiger charge is -2.18. The lowest BCUT2D eigenvalue weighted by Crippen LogP contribution is -2.31. The molecule has 1 saturated heterocycles. The van der Waals surface area contributed by atoms with E-state index in [9.17, 15) is 14.4 Å². The van der Waals surface area contributed by atoms with Gasteiger partial charge in [-0.3, -0.25) is 19.3 Å². The molecule has 1 aliphatic heterocycles. The van der Waals surface area contributed by atoms with Gasteiger partial charge >= 0.3 is 0 Å². The number of thioether (sulfide) groups is 1. The van der Waals surface area contributed by atoms with Gasteiger partial charge in [-0.05, 0) is 50.8 Å². The highest BCUT2D eigenvalue weighted by Gasteiger charge is 2.37. The van der Waals surface area contributed by atoms with Gasteiger partial charge in [-0.15, -0.1) is 11.8 Å². The molecule has 2 atom stereocenters. The maximum Gasteiger partial charge on any atom is 0.242 e. The number of carbonyl (C=O) groups excluding carboxylic acids is 3. The van der Waals surface area contributed by atoms with Gasteiger partial charge in [0.15, 0.2) is 0 Å². The molecule has 1 fully saturated rings. The molecule has 1 heterocycles. The third-order valence-electron chi connectivity index (χ3n) is 4.90. The van der Waals surface area contributed by atoms with Gasteiger partial charge in [-0.1, -0.05) is 25.7 Å². The zero-order chi connectivity index (χ0) is 19.4. The standard InChI is InChI=1S/C19H35N3O3S/c1-2-22-18(24)13-16(19(22)25)26-14-15(10-6-4-8-12-20)9-5-3-7-11-17(21)23/h15-16H,2-14,20H2,1H3,(H2,21,23). The molecule has 7 heteroatoms. The van der Waals surface area contributed by atoms with Gasteiger partial charge in [0.25, 0.3) is 0 Å². The average molecular weight is 386 g/mol. The first-order valence-corrected chi connectivity index (χ1v) is 11.0. The highest BCUT2D eigenvalue weighted by Crippen LogP contribution is 2.30. The van der Waals surface area contributed by atoms with E-state index in [-0.39, 0.29) is 23.0 Å². The van der Waals surface area contributed by atoms with Crippen molar-refractivity contribution in [1.29, 1.82) is 0 Å². The van der Waals surface area contributed by atoms with Crippen molar-refractivity contribution in [2.45, 2.75) is 76.4 Å². The normalized spacial score (nSPS) is 18.5. The first-order chi connectivity index (χ1) is 12.5. The Bertz CT molecular complexity index is 459. The number of carbonyl (C=O) groups is 3. The van der Waals surface area contributed by atoms with E-state index >= 15 is 0 Å². The quantitative estimate of drug-likeness (QED) is 0.333. The summed E-state index contributed by atoms with van der Waals surface area (Å²) in [6, 6.07) is 0. The molecule has 0 aromatic carbocycles. The van der Waals surface area contributed by atoms with Crippen LogP contribution in [0, 0.1) is 5.92 Å². The largest absolute Gasteiger partial charge is 0.370 e. The van der Waals surface area contributed by atoms with Gasteiger partial charge in [0, 0.05) is 19.4 Å². The summed E-state index contributed by atoms with van der Waals surface area (Å²) < 4.78 is 0. The van der Waals surface area contributed by atoms with E-state index in [1.54, 1.807) is 11.8 Å². The van der Waals surface area contributed by atoms with E-state index in [4.69, 9.17) is 11.5 Å². The number of nitrogens with zero attached hydrogens (tertiary/aromatic N) is 1. The van der Waals surface area contributed by atoms with Crippen LogP contribution in [0.2, 0.25) is 0 Å². The van der Waals surface area contributed by atoms with Crippen molar-refractivity contribution in [3.05, 3.63) is 0 Å². The summed E-state index contributed by atoms with van der Waals surface area (Å²) in [5.74, 6) is 1.17. The van der Waals surface area contributed by atoms with Crippen LogP contribution < -0.4 is 11.5 Å². The fourth-order valence-corrected chi connectivity index (χ4v) is 4.71. The topological polar surface area (TPSA) is 106 Å². The van der Waals surface area contributed by atoms with Gasteiger partial charge in [-0.25, -0.2) is 0 Å². The van der Waals surface area contributed by atoms with Gasteiger partial charge in [0.2, 0.25) is 17.7 Å². The van der Waals surface area contributed by atoms with Crippen molar-refractivity contribution in [1.82, 2.24) is 4.90 Å². The van der Waals surface area contributed by atoms with Crippen molar-refractivity contribution < 1.29 is 14.4 Å². The summed E-state index contributed by atoms with van der Waals surface area (Å²) in [6.45, 7) is 3.05. The molecular formula is C19H35N3O3S. The molecule has 0 saturated carbocycles. The lowest BCUT2D eigenvalue weighted by molar-refractivity contribution is -0.137. The number of likely N-dealkylation sites (tertiary alicyclic amines) is 1. The lowest BCUT2D eigenvalue weighted by atomic mass is 9.96. The number of rotatable bonds is 15. The van der Waals surface area contributed by atoms with Crippen molar-refractivity contribution in [3.8, 4) is 0 Å². The summed E-state index contributed by atoms with van der Waals surface area (Å²) in [4.78, 5) is 36.3. The first kappa shape index (κ1) is 23.0. The van der Waals surface area contributed by atoms with Gasteiger partial charge in [0.05, 0.1) is 5.25 Å². The minimum Gasteiger partial charge on any atom is -0.370 e. The first-order valence-electron chi connectivity index (χ1n) is 9.93. The molecule has 26 heavy (non-hydrogen) atoms. The molecule has 0 bridgehead atoms. The maximum atomic E-state index is 12.2. The van der Waals surface area contributed by atoms with E-state index < -0.39 is 0 Å². The Balaban J connectivity index is 2.38. The number of imide groups is 1. The number of amides is 3. The fourth-order valence-electron chi connectivity index (χ4n) is 3.34. The molecule has 0 spiro atoms. The highest BCUT2D eigenvalue weighted by atomic mass is 32.2. The third-order valence-corrected chi connectivity index (χ3v) is 6.34. The summed E-state index contributed by atoms with van der Waals surface area (Å²) in [7, 11) is 0. The summed E-state index contributed by atoms with van der Waals surface area (Å²) >= 11 is 1.64. The van der Waals surface area contributed by atoms with E-state index in [2.05, 4.69) is 0 Å². The molecule has 1 aliphatic rings. The smallest absolute Gasteiger partial charge is 0.242 e. The van der Waals surface area contributed by atoms with E-state index in [0.717, 1.165) is 63.7 Å². The monoisotopic (exact) mass is 385 g/mol. The zero-order valence-electron chi connectivity index (χ0n) is 16.1. The van der Waals surface area contributed by atoms with E-state index in [1.807, 2.05) is 6.92 Å². The van der Waals surface area contributed by atoms with Crippen LogP contribution in [0.1, 0.15) is 71.1 Å². The van der Waals surface area contributed by atoms with Crippen LogP contribution in [-0.2, 0) is 14.4 Å². The second kappa shape index (κ2) is 13.1. The Morgan fingerprint density at radius 1 is 1.15 bits per heavy atom. The van der Waals surface area contributed by atoms with Gasteiger partial charge < -0.3 is 11.5 Å². The molecule has 2 unspecified atom stereocenters. The Labute approximate surface area is 161 Å². The van der Waals surface area contributed by atoms with Gasteiger partial charge in [-0.2, -0.15) is 0 Å². The number of hydrogen-bond acceptors (Lipinski definition) is 5. The van der Waals surface area contributed by atoms with Crippen LogP contribution in [0.15, 0.2) is 0 Å². The second-order valence-corrected chi connectivity index (χ2v) is 8.31. The number of hydrogen-bond donors (Lipinski definition) is 2. The summed E-state index contributed by atoms with van der Waals surface area (Å²) in [6.07, 6.45) is 9.33. The Hall–Kier alpha value is -1.08. The van der Waals surface area contributed by atoms with Gasteiger partial charge in [0.1, 0.15) is 0 Å². The minimum atomic E-state index is -0.233. The average Bonchev–Trinajstić information content (AvgIpc) is 2.88. The molecule has 150 valence electrons. The van der Waals surface area contributed by atoms with E-state index in [1.165, 1.54) is 4.90 Å². The molecule has 0 radical (unpaired) electrons. The van der Waals surface area contributed by atoms with Crippen LogP contribution in [0.4, 0.5) is 0 Å². The molecule has 0 aromatic heterocycles. The molecule has 6 nitrogen and oxygen atoms in total. The summed E-state index contributed by atoms with van der Waals surface area (Å²) in [5.41, 5.74) is 10.7. The van der Waals surface area contributed by atoms with Crippen molar-refractivity contribution in [3.63, 3.8) is 0 Å². The predicted molar refractivity (Wildman–Crippen MR) is 107 cm³/mol. The highest BCUT2D eigenvalue weighted by molar-refractivity contribution is 8.00. The fraction of sp³-hybridized carbons (Fsp3) is 0.842. The molecular weight excluding hydrogens is 350 g/mol. The SMILES string of the molecule is CCN1C(=O)CC(SCC(CCCCCN)CCCCCC(N)=O)C1=O. The van der Waals surface area contributed by atoms with Crippen LogP contribution in [0.25, 0.3) is 0 Å². The number of primary amides is 1. The van der Waals surface area contributed by atoms with E-state index in [0.29, 0.717) is 25.3 Å². The number of nitrogens with two attached hydrogens (primary N) is 2. The molecule has 4 N–H and O–H groups in total. The Kier molecular flexibility index (Phi) is 11.6. The van der Waals surface area contributed by atoms with Crippen LogP contribution >= 0.6 is 11.8 Å². The second-order valence-electron chi connectivity index (χ2n) is 7.07. The summed E-state index contributed by atoms with van der Waals surface area (Å²) in [5, 5.41) is -0.205. The molecule has 3 amide bonds. The zero-order valence-corrected chi connectivity index (χ0v) is 16.9. The van der Waals surface area contributed by atoms with Crippen LogP contribution in [0.5, 0.6) is 0 Å². The van der Waals surface area contributed by atoms with Crippen molar-refractivity contribution >= 4 is 29.5 Å².